The minimum atomic E-state index is -0.394. The molecule has 124 valence electrons. The highest BCUT2D eigenvalue weighted by molar-refractivity contribution is 6.05. The SMILES string of the molecule is Cc1ccc(F)cc1NC(=O)c1ccc(N2CCCCC2=O)cc1. The molecular formula is C19H19FN2O2. The second-order valence-electron chi connectivity index (χ2n) is 5.96. The monoisotopic (exact) mass is 326 g/mol. The van der Waals surface area contributed by atoms with Gasteiger partial charge in [-0.15, -0.1) is 0 Å². The summed E-state index contributed by atoms with van der Waals surface area (Å²) in [6.07, 6.45) is 2.50. The number of halogens is 1. The number of aryl methyl sites for hydroxylation is 1. The molecule has 2 aromatic carbocycles. The summed E-state index contributed by atoms with van der Waals surface area (Å²) in [5.41, 5.74) is 2.51. The second kappa shape index (κ2) is 6.83. The Kier molecular flexibility index (Phi) is 4.60. The van der Waals surface area contributed by atoms with Gasteiger partial charge in [-0.05, 0) is 61.7 Å². The molecular weight excluding hydrogens is 307 g/mol. The normalized spacial score (nSPS) is 14.6. The van der Waals surface area contributed by atoms with E-state index < -0.39 is 5.82 Å². The Bertz CT molecular complexity index is 771. The van der Waals surface area contributed by atoms with Crippen molar-refractivity contribution in [3.8, 4) is 0 Å². The molecule has 1 aliphatic rings. The van der Waals surface area contributed by atoms with E-state index in [1.165, 1.54) is 12.1 Å². The van der Waals surface area contributed by atoms with Crippen molar-refractivity contribution in [2.45, 2.75) is 26.2 Å². The van der Waals surface area contributed by atoms with Gasteiger partial charge in [0.05, 0.1) is 0 Å². The van der Waals surface area contributed by atoms with E-state index in [0.717, 1.165) is 24.1 Å². The highest BCUT2D eigenvalue weighted by Crippen LogP contribution is 2.22. The van der Waals surface area contributed by atoms with E-state index in [-0.39, 0.29) is 11.8 Å². The molecule has 0 spiro atoms. The van der Waals surface area contributed by atoms with Crippen LogP contribution in [0, 0.1) is 12.7 Å². The van der Waals surface area contributed by atoms with Gasteiger partial charge in [-0.2, -0.15) is 0 Å². The van der Waals surface area contributed by atoms with Crippen LogP contribution in [0.1, 0.15) is 35.2 Å². The summed E-state index contributed by atoms with van der Waals surface area (Å²) in [7, 11) is 0. The predicted molar refractivity (Wildman–Crippen MR) is 91.7 cm³/mol. The fraction of sp³-hybridized carbons (Fsp3) is 0.263. The Morgan fingerprint density at radius 2 is 1.88 bits per heavy atom. The summed E-state index contributed by atoms with van der Waals surface area (Å²) in [6, 6.07) is 11.2. The molecule has 0 radical (unpaired) electrons. The summed E-state index contributed by atoms with van der Waals surface area (Å²) in [6.45, 7) is 2.52. The number of nitrogens with zero attached hydrogens (tertiary/aromatic N) is 1. The number of piperidine rings is 1. The second-order valence-corrected chi connectivity index (χ2v) is 5.96. The lowest BCUT2D eigenvalue weighted by Crippen LogP contribution is -2.35. The van der Waals surface area contributed by atoms with E-state index >= 15 is 0 Å². The van der Waals surface area contributed by atoms with Crippen molar-refractivity contribution in [3.05, 3.63) is 59.4 Å². The van der Waals surface area contributed by atoms with Gasteiger partial charge in [-0.1, -0.05) is 6.07 Å². The van der Waals surface area contributed by atoms with Crippen LogP contribution in [0.5, 0.6) is 0 Å². The molecule has 1 fully saturated rings. The largest absolute Gasteiger partial charge is 0.322 e. The first kappa shape index (κ1) is 16.2. The van der Waals surface area contributed by atoms with Crippen LogP contribution in [0.2, 0.25) is 0 Å². The van der Waals surface area contributed by atoms with Gasteiger partial charge < -0.3 is 10.2 Å². The Morgan fingerprint density at radius 3 is 2.58 bits per heavy atom. The van der Waals surface area contributed by atoms with E-state index in [9.17, 15) is 14.0 Å². The van der Waals surface area contributed by atoms with Crippen LogP contribution in [0.25, 0.3) is 0 Å². The molecule has 0 aromatic heterocycles. The molecule has 5 heteroatoms. The number of benzene rings is 2. The number of hydrogen-bond donors (Lipinski definition) is 1. The van der Waals surface area contributed by atoms with Crippen molar-refractivity contribution in [1.82, 2.24) is 0 Å². The third-order valence-corrected chi connectivity index (χ3v) is 4.21. The Balaban J connectivity index is 1.74. The molecule has 0 unspecified atom stereocenters. The fourth-order valence-electron chi connectivity index (χ4n) is 2.80. The lowest BCUT2D eigenvalue weighted by atomic mass is 10.1. The zero-order valence-corrected chi connectivity index (χ0v) is 13.5. The number of carbonyl (C=O) groups is 2. The van der Waals surface area contributed by atoms with Crippen LogP contribution in [-0.2, 0) is 4.79 Å². The summed E-state index contributed by atoms with van der Waals surface area (Å²) in [4.78, 5) is 26.0. The number of anilines is 2. The maximum atomic E-state index is 13.3. The van der Waals surface area contributed by atoms with Crippen LogP contribution in [-0.4, -0.2) is 18.4 Å². The van der Waals surface area contributed by atoms with Crippen molar-refractivity contribution in [2.24, 2.45) is 0 Å². The van der Waals surface area contributed by atoms with E-state index in [4.69, 9.17) is 0 Å². The van der Waals surface area contributed by atoms with Crippen molar-refractivity contribution in [3.63, 3.8) is 0 Å². The standard InChI is InChI=1S/C19H19FN2O2/c1-13-5-8-15(20)12-17(13)21-19(24)14-6-9-16(10-7-14)22-11-3-2-4-18(22)23/h5-10,12H,2-4,11H2,1H3,(H,21,24). The van der Waals surface area contributed by atoms with E-state index in [0.29, 0.717) is 24.2 Å². The Hall–Kier alpha value is -2.69. The van der Waals surface area contributed by atoms with Crippen LogP contribution in [0.4, 0.5) is 15.8 Å². The summed E-state index contributed by atoms with van der Waals surface area (Å²) in [5.74, 6) is -0.580. The molecule has 1 N–H and O–H groups in total. The fourth-order valence-corrected chi connectivity index (χ4v) is 2.80. The molecule has 0 bridgehead atoms. The lowest BCUT2D eigenvalue weighted by molar-refractivity contribution is -0.119. The molecule has 0 atom stereocenters. The molecule has 2 aromatic rings. The zero-order chi connectivity index (χ0) is 17.1. The van der Waals surface area contributed by atoms with Crippen LogP contribution in [0.15, 0.2) is 42.5 Å². The molecule has 0 saturated carbocycles. The molecule has 4 nitrogen and oxygen atoms in total. The minimum absolute atomic E-state index is 0.119. The van der Waals surface area contributed by atoms with Gasteiger partial charge in [-0.25, -0.2) is 4.39 Å². The third-order valence-electron chi connectivity index (χ3n) is 4.21. The number of hydrogen-bond acceptors (Lipinski definition) is 2. The maximum absolute atomic E-state index is 13.3. The highest BCUT2D eigenvalue weighted by atomic mass is 19.1. The van der Waals surface area contributed by atoms with E-state index in [1.54, 1.807) is 42.2 Å². The molecule has 1 aliphatic heterocycles. The highest BCUT2D eigenvalue weighted by Gasteiger charge is 2.19. The van der Waals surface area contributed by atoms with Crippen molar-refractivity contribution in [1.29, 1.82) is 0 Å². The quantitative estimate of drug-likeness (QED) is 0.930. The topological polar surface area (TPSA) is 49.4 Å². The van der Waals surface area contributed by atoms with Gasteiger partial charge in [0.15, 0.2) is 0 Å². The molecule has 0 aliphatic carbocycles. The summed E-state index contributed by atoms with van der Waals surface area (Å²) in [5, 5.41) is 2.72. The first-order chi connectivity index (χ1) is 11.5. The first-order valence-corrected chi connectivity index (χ1v) is 8.02. The number of nitrogens with one attached hydrogen (secondary N) is 1. The van der Waals surface area contributed by atoms with Gasteiger partial charge in [0.25, 0.3) is 5.91 Å². The van der Waals surface area contributed by atoms with Gasteiger partial charge in [0.1, 0.15) is 5.82 Å². The number of carbonyl (C=O) groups excluding carboxylic acids is 2. The minimum Gasteiger partial charge on any atom is -0.322 e. The first-order valence-electron chi connectivity index (χ1n) is 8.02. The predicted octanol–water partition coefficient (Wildman–Crippen LogP) is 3.90. The summed E-state index contributed by atoms with van der Waals surface area (Å²) < 4.78 is 13.3. The number of rotatable bonds is 3. The molecule has 1 heterocycles. The van der Waals surface area contributed by atoms with Gasteiger partial charge >= 0.3 is 0 Å². The third kappa shape index (κ3) is 3.45. The van der Waals surface area contributed by atoms with Crippen molar-refractivity contribution in [2.75, 3.05) is 16.8 Å². The lowest BCUT2D eigenvalue weighted by Gasteiger charge is -2.26. The molecule has 2 amide bonds. The van der Waals surface area contributed by atoms with Crippen LogP contribution >= 0.6 is 0 Å². The Labute approximate surface area is 140 Å². The number of amides is 2. The van der Waals surface area contributed by atoms with Crippen LogP contribution in [0.3, 0.4) is 0 Å². The van der Waals surface area contributed by atoms with E-state index in [1.807, 2.05) is 0 Å². The van der Waals surface area contributed by atoms with Gasteiger partial charge in [0.2, 0.25) is 5.91 Å². The van der Waals surface area contributed by atoms with Crippen molar-refractivity contribution >= 4 is 23.2 Å². The molecule has 3 rings (SSSR count). The zero-order valence-electron chi connectivity index (χ0n) is 13.5. The molecule has 1 saturated heterocycles. The maximum Gasteiger partial charge on any atom is 0.255 e. The average Bonchev–Trinajstić information content (AvgIpc) is 2.59. The summed E-state index contributed by atoms with van der Waals surface area (Å²) >= 11 is 0. The van der Waals surface area contributed by atoms with Crippen molar-refractivity contribution < 1.29 is 14.0 Å². The molecule has 24 heavy (non-hydrogen) atoms. The van der Waals surface area contributed by atoms with Gasteiger partial charge in [-0.3, -0.25) is 9.59 Å². The Morgan fingerprint density at radius 1 is 1.12 bits per heavy atom. The smallest absolute Gasteiger partial charge is 0.255 e. The van der Waals surface area contributed by atoms with Gasteiger partial charge in [0, 0.05) is 29.9 Å². The van der Waals surface area contributed by atoms with E-state index in [2.05, 4.69) is 5.32 Å². The van der Waals surface area contributed by atoms with Crippen LogP contribution < -0.4 is 10.2 Å². The average molecular weight is 326 g/mol.